The molecule has 3 rings (SSSR count). The molecule has 0 spiro atoms. The van der Waals surface area contributed by atoms with E-state index in [1.807, 2.05) is 36.6 Å². The molecular weight excluding hydrogens is 342 g/mol. The van der Waals surface area contributed by atoms with E-state index in [1.165, 1.54) is 18.0 Å². The quantitative estimate of drug-likeness (QED) is 0.511. The highest BCUT2D eigenvalue weighted by Crippen LogP contribution is 2.22. The Labute approximate surface area is 147 Å². The molecule has 0 aliphatic rings. The molecule has 128 valence electrons. The first-order valence-corrected chi connectivity index (χ1v) is 8.41. The van der Waals surface area contributed by atoms with E-state index in [1.54, 1.807) is 4.57 Å². The van der Waals surface area contributed by atoms with Crippen molar-refractivity contribution >= 4 is 29.6 Å². The topological polar surface area (TPSA) is 135 Å². The predicted molar refractivity (Wildman–Crippen MR) is 93.1 cm³/mol. The molecule has 2 aromatic heterocycles. The second-order valence-electron chi connectivity index (χ2n) is 4.85. The number of nitrogens with two attached hydrogens (primary N) is 2. The van der Waals surface area contributed by atoms with E-state index in [0.29, 0.717) is 10.9 Å². The zero-order chi connectivity index (χ0) is 17.8. The molecule has 0 atom stereocenters. The van der Waals surface area contributed by atoms with Crippen LogP contribution in [0.2, 0.25) is 0 Å². The van der Waals surface area contributed by atoms with Gasteiger partial charge in [0, 0.05) is 5.69 Å². The van der Waals surface area contributed by atoms with Gasteiger partial charge < -0.3 is 16.2 Å². The minimum Gasteiger partial charge on any atom is -0.453 e. The largest absolute Gasteiger partial charge is 0.453 e. The van der Waals surface area contributed by atoms with Gasteiger partial charge in [-0.15, -0.1) is 0 Å². The van der Waals surface area contributed by atoms with Crippen molar-refractivity contribution < 1.29 is 9.53 Å². The molecule has 0 bridgehead atoms. The zero-order valence-electron chi connectivity index (χ0n) is 13.3. The molecule has 1 aromatic carbocycles. The summed E-state index contributed by atoms with van der Waals surface area (Å²) in [5.74, 6) is -0.446. The fraction of sp³-hybridized carbons (Fsp3) is 0.133. The summed E-state index contributed by atoms with van der Waals surface area (Å²) in [7, 11) is 0. The molecule has 3 aromatic rings. The number of imidazole rings is 1. The van der Waals surface area contributed by atoms with E-state index in [0.717, 1.165) is 5.69 Å². The number of nitrogen functional groups attached to an aromatic ring is 2. The van der Waals surface area contributed by atoms with Gasteiger partial charge >= 0.3 is 5.97 Å². The molecule has 0 unspecified atom stereocenters. The molecule has 25 heavy (non-hydrogen) atoms. The standard InChI is InChI=1S/C15H15N7O2S/c1-25-15-18-7-10(22(15)9-5-3-2-4-6-9)12(23)24-8-11-19-13(16)21-14(17)20-11/h2-7H,8H2,1H3,(H4,16,17,19,20,21). The van der Waals surface area contributed by atoms with Gasteiger partial charge in [0.05, 0.1) is 6.20 Å². The molecule has 4 N–H and O–H groups in total. The van der Waals surface area contributed by atoms with Gasteiger partial charge in [-0.2, -0.15) is 15.0 Å². The van der Waals surface area contributed by atoms with Gasteiger partial charge in [0.25, 0.3) is 0 Å². The number of hydrogen-bond donors (Lipinski definition) is 2. The molecule has 2 heterocycles. The molecule has 9 nitrogen and oxygen atoms in total. The summed E-state index contributed by atoms with van der Waals surface area (Å²) < 4.78 is 7.00. The van der Waals surface area contributed by atoms with Crippen molar-refractivity contribution in [1.82, 2.24) is 24.5 Å². The summed E-state index contributed by atoms with van der Waals surface area (Å²) in [6.45, 7) is -0.176. The normalized spacial score (nSPS) is 10.6. The predicted octanol–water partition coefficient (Wildman–Crippen LogP) is 1.30. The number of carbonyl (C=O) groups is 1. The number of benzene rings is 1. The number of esters is 1. The van der Waals surface area contributed by atoms with E-state index in [4.69, 9.17) is 16.2 Å². The van der Waals surface area contributed by atoms with Crippen molar-refractivity contribution in [2.75, 3.05) is 17.7 Å². The third kappa shape index (κ3) is 3.69. The van der Waals surface area contributed by atoms with Crippen molar-refractivity contribution in [1.29, 1.82) is 0 Å². The van der Waals surface area contributed by atoms with E-state index < -0.39 is 5.97 Å². The number of nitrogens with zero attached hydrogens (tertiary/aromatic N) is 5. The average molecular weight is 357 g/mol. The second-order valence-corrected chi connectivity index (χ2v) is 5.62. The van der Waals surface area contributed by atoms with Crippen LogP contribution in [0.1, 0.15) is 16.3 Å². The van der Waals surface area contributed by atoms with E-state index >= 15 is 0 Å². The van der Waals surface area contributed by atoms with Crippen LogP contribution >= 0.6 is 11.8 Å². The van der Waals surface area contributed by atoms with E-state index in [-0.39, 0.29) is 24.3 Å². The van der Waals surface area contributed by atoms with Gasteiger partial charge in [-0.1, -0.05) is 30.0 Å². The molecule has 0 fully saturated rings. The number of anilines is 2. The van der Waals surface area contributed by atoms with Crippen LogP contribution in [0.5, 0.6) is 0 Å². The molecule has 0 saturated heterocycles. The monoisotopic (exact) mass is 357 g/mol. The molecule has 10 heteroatoms. The Bertz CT molecular complexity index is 878. The molecule has 0 radical (unpaired) electrons. The van der Waals surface area contributed by atoms with Crippen molar-refractivity contribution in [3.8, 4) is 5.69 Å². The highest BCUT2D eigenvalue weighted by molar-refractivity contribution is 7.98. The van der Waals surface area contributed by atoms with E-state index in [2.05, 4.69) is 19.9 Å². The van der Waals surface area contributed by atoms with Crippen molar-refractivity contribution in [3.63, 3.8) is 0 Å². The molecule has 0 saturated carbocycles. The smallest absolute Gasteiger partial charge is 0.357 e. The number of thioether (sulfide) groups is 1. The van der Waals surface area contributed by atoms with Gasteiger partial charge in [-0.05, 0) is 18.4 Å². The van der Waals surface area contributed by atoms with Crippen LogP contribution in [0.25, 0.3) is 5.69 Å². The first-order chi connectivity index (χ1) is 12.1. The Kier molecular flexibility index (Phi) is 4.80. The van der Waals surface area contributed by atoms with Gasteiger partial charge in [0.1, 0.15) is 0 Å². The maximum Gasteiger partial charge on any atom is 0.357 e. The lowest BCUT2D eigenvalue weighted by atomic mass is 10.3. The third-order valence-corrected chi connectivity index (χ3v) is 3.84. The number of para-hydroxylation sites is 1. The fourth-order valence-electron chi connectivity index (χ4n) is 2.17. The Morgan fingerprint density at radius 1 is 1.16 bits per heavy atom. The Hall–Kier alpha value is -3.14. The molecular formula is C15H15N7O2S. The Balaban J connectivity index is 1.84. The van der Waals surface area contributed by atoms with Crippen LogP contribution in [0.4, 0.5) is 11.9 Å². The van der Waals surface area contributed by atoms with Gasteiger partial charge in [0.2, 0.25) is 11.9 Å². The van der Waals surface area contributed by atoms with E-state index in [9.17, 15) is 4.79 Å². The summed E-state index contributed by atoms with van der Waals surface area (Å²) in [6.07, 6.45) is 3.35. The van der Waals surface area contributed by atoms with Gasteiger partial charge in [-0.25, -0.2) is 9.78 Å². The number of carbonyl (C=O) groups excluding carboxylic acids is 1. The van der Waals surface area contributed by atoms with Crippen LogP contribution in [0.15, 0.2) is 41.7 Å². The maximum atomic E-state index is 12.5. The minimum absolute atomic E-state index is 0.0301. The Morgan fingerprint density at radius 3 is 2.48 bits per heavy atom. The summed E-state index contributed by atoms with van der Waals surface area (Å²) in [5, 5.41) is 0.673. The summed E-state index contributed by atoms with van der Waals surface area (Å²) in [4.78, 5) is 28.2. The molecule has 0 aliphatic carbocycles. The highest BCUT2D eigenvalue weighted by Gasteiger charge is 2.19. The lowest BCUT2D eigenvalue weighted by Gasteiger charge is -2.10. The lowest BCUT2D eigenvalue weighted by molar-refractivity contribution is 0.0452. The molecule has 0 amide bonds. The number of aromatic nitrogens is 5. The summed E-state index contributed by atoms with van der Waals surface area (Å²) in [6, 6.07) is 9.42. The molecule has 0 aliphatic heterocycles. The number of rotatable bonds is 5. The van der Waals surface area contributed by atoms with Crippen molar-refractivity contribution in [3.05, 3.63) is 48.0 Å². The van der Waals surface area contributed by atoms with Crippen LogP contribution in [0.3, 0.4) is 0 Å². The van der Waals surface area contributed by atoms with Crippen LogP contribution in [-0.4, -0.2) is 36.7 Å². The maximum absolute atomic E-state index is 12.5. The highest BCUT2D eigenvalue weighted by atomic mass is 32.2. The van der Waals surface area contributed by atoms with Crippen LogP contribution < -0.4 is 11.5 Å². The fourth-order valence-corrected chi connectivity index (χ4v) is 2.72. The summed E-state index contributed by atoms with van der Waals surface area (Å²) >= 11 is 1.42. The SMILES string of the molecule is CSc1ncc(C(=O)OCc2nc(N)nc(N)n2)n1-c1ccccc1. The van der Waals surface area contributed by atoms with Gasteiger partial charge in [0.15, 0.2) is 23.3 Å². The van der Waals surface area contributed by atoms with Crippen molar-refractivity contribution in [2.45, 2.75) is 11.8 Å². The lowest BCUT2D eigenvalue weighted by Crippen LogP contribution is -2.14. The van der Waals surface area contributed by atoms with Gasteiger partial charge in [-0.3, -0.25) is 4.57 Å². The second kappa shape index (κ2) is 7.18. The first kappa shape index (κ1) is 16.7. The summed E-state index contributed by atoms with van der Waals surface area (Å²) in [5.41, 5.74) is 12.1. The number of hydrogen-bond acceptors (Lipinski definition) is 9. The van der Waals surface area contributed by atoms with Crippen LogP contribution in [-0.2, 0) is 11.3 Å². The zero-order valence-corrected chi connectivity index (χ0v) is 14.1. The van der Waals surface area contributed by atoms with Crippen LogP contribution in [0, 0.1) is 0 Å². The van der Waals surface area contributed by atoms with Crippen molar-refractivity contribution in [2.24, 2.45) is 0 Å². The Morgan fingerprint density at radius 2 is 1.84 bits per heavy atom. The number of ether oxygens (including phenoxy) is 1. The minimum atomic E-state index is -0.561. The first-order valence-electron chi connectivity index (χ1n) is 7.18. The average Bonchev–Trinajstić information content (AvgIpc) is 3.04. The third-order valence-electron chi connectivity index (χ3n) is 3.18.